The van der Waals surface area contributed by atoms with Crippen LogP contribution in [0.1, 0.15) is 52.7 Å². The van der Waals surface area contributed by atoms with Crippen molar-refractivity contribution in [3.63, 3.8) is 0 Å². The van der Waals surface area contributed by atoms with Gasteiger partial charge in [-0.1, -0.05) is 19.0 Å². The molecule has 1 saturated heterocycles. The van der Waals surface area contributed by atoms with Crippen molar-refractivity contribution in [1.82, 2.24) is 10.1 Å². The number of carbonyl (C=O) groups excluding carboxylic acids is 1. The molecule has 0 saturated carbocycles. The zero-order valence-electron chi connectivity index (χ0n) is 16.4. The summed E-state index contributed by atoms with van der Waals surface area (Å²) in [5.74, 6) is 1.95. The van der Waals surface area contributed by atoms with Crippen LogP contribution in [0.25, 0.3) is 0 Å². The van der Waals surface area contributed by atoms with Gasteiger partial charge in [0.1, 0.15) is 17.9 Å². The Morgan fingerprint density at radius 2 is 2.07 bits per heavy atom. The highest BCUT2D eigenvalue weighted by Gasteiger charge is 2.30. The summed E-state index contributed by atoms with van der Waals surface area (Å²) in [6.45, 7) is 11.2. The van der Waals surface area contributed by atoms with E-state index < -0.39 is 0 Å². The van der Waals surface area contributed by atoms with Crippen LogP contribution in [0.5, 0.6) is 5.75 Å². The SMILES string of the molecule is Cc1noc(C(C)C)c1C(=O)N1CC[NH+](Cc2ccc3c(c2)CCO3)CC1. The molecule has 2 aromatic rings. The third kappa shape index (κ3) is 3.58. The van der Waals surface area contributed by atoms with Crippen LogP contribution >= 0.6 is 0 Å². The van der Waals surface area contributed by atoms with E-state index in [4.69, 9.17) is 9.26 Å². The van der Waals surface area contributed by atoms with E-state index in [1.165, 1.54) is 16.0 Å². The Kier molecular flexibility index (Phi) is 4.91. The number of nitrogens with one attached hydrogen (secondary N) is 1. The molecule has 27 heavy (non-hydrogen) atoms. The van der Waals surface area contributed by atoms with Crippen molar-refractivity contribution in [2.45, 2.75) is 39.7 Å². The first-order chi connectivity index (χ1) is 13.0. The number of hydrogen-bond acceptors (Lipinski definition) is 4. The molecule has 6 nitrogen and oxygen atoms in total. The zero-order valence-corrected chi connectivity index (χ0v) is 16.4. The first-order valence-electron chi connectivity index (χ1n) is 9.86. The number of fused-ring (bicyclic) bond motifs is 1. The van der Waals surface area contributed by atoms with Gasteiger partial charge in [-0.15, -0.1) is 0 Å². The van der Waals surface area contributed by atoms with Crippen LogP contribution in [-0.2, 0) is 13.0 Å². The molecule has 3 heterocycles. The highest BCUT2D eigenvalue weighted by atomic mass is 16.5. The second-order valence-corrected chi connectivity index (χ2v) is 7.92. The van der Waals surface area contributed by atoms with Gasteiger partial charge < -0.3 is 19.1 Å². The first kappa shape index (κ1) is 18.0. The highest BCUT2D eigenvalue weighted by molar-refractivity contribution is 5.96. The minimum Gasteiger partial charge on any atom is -0.493 e. The molecule has 0 radical (unpaired) electrons. The second kappa shape index (κ2) is 7.35. The van der Waals surface area contributed by atoms with Crippen LogP contribution in [0.3, 0.4) is 0 Å². The quantitative estimate of drug-likeness (QED) is 0.888. The fraction of sp³-hybridized carbons (Fsp3) is 0.524. The molecule has 0 atom stereocenters. The largest absolute Gasteiger partial charge is 0.493 e. The van der Waals surface area contributed by atoms with Crippen LogP contribution in [0.4, 0.5) is 0 Å². The lowest BCUT2D eigenvalue weighted by atomic mass is 10.0. The smallest absolute Gasteiger partial charge is 0.259 e. The normalized spacial score (nSPS) is 17.3. The first-order valence-corrected chi connectivity index (χ1v) is 9.86. The van der Waals surface area contributed by atoms with Crippen molar-refractivity contribution in [3.8, 4) is 5.75 Å². The second-order valence-electron chi connectivity index (χ2n) is 7.92. The predicted molar refractivity (Wildman–Crippen MR) is 101 cm³/mol. The fourth-order valence-corrected chi connectivity index (χ4v) is 4.04. The van der Waals surface area contributed by atoms with E-state index in [1.807, 2.05) is 25.7 Å². The summed E-state index contributed by atoms with van der Waals surface area (Å²) in [5.41, 5.74) is 4.03. The lowest BCUT2D eigenvalue weighted by Crippen LogP contribution is -3.13. The molecule has 0 bridgehead atoms. The van der Waals surface area contributed by atoms with Crippen molar-refractivity contribution in [2.24, 2.45) is 0 Å². The average Bonchev–Trinajstić information content (AvgIpc) is 3.27. The third-order valence-electron chi connectivity index (χ3n) is 5.59. The summed E-state index contributed by atoms with van der Waals surface area (Å²) in [6.07, 6.45) is 1.01. The van der Waals surface area contributed by atoms with Crippen LogP contribution in [0, 0.1) is 6.92 Å². The topological polar surface area (TPSA) is 60.0 Å². The summed E-state index contributed by atoms with van der Waals surface area (Å²) < 4.78 is 11.0. The summed E-state index contributed by atoms with van der Waals surface area (Å²) in [4.78, 5) is 16.5. The standard InChI is InChI=1S/C21H27N3O3/c1-14(2)20-19(15(3)22-27-20)21(25)24-9-7-23(8-10-24)13-16-4-5-18-17(12-16)6-11-26-18/h4-5,12,14H,6-11,13H2,1-3H3/p+1. The number of quaternary nitrogens is 1. The average molecular weight is 370 g/mol. The number of nitrogens with zero attached hydrogens (tertiary/aromatic N) is 2. The number of hydrogen-bond donors (Lipinski definition) is 1. The van der Waals surface area contributed by atoms with E-state index in [0.717, 1.165) is 51.5 Å². The Hall–Kier alpha value is -2.34. The van der Waals surface area contributed by atoms with Gasteiger partial charge in [-0.05, 0) is 30.7 Å². The van der Waals surface area contributed by atoms with Gasteiger partial charge in [-0.3, -0.25) is 4.79 Å². The van der Waals surface area contributed by atoms with Crippen LogP contribution in [-0.4, -0.2) is 48.7 Å². The van der Waals surface area contributed by atoms with Crippen molar-refractivity contribution in [3.05, 3.63) is 46.3 Å². The molecule has 0 aliphatic carbocycles. The number of aryl methyl sites for hydroxylation is 1. The lowest BCUT2D eigenvalue weighted by molar-refractivity contribution is -0.917. The zero-order chi connectivity index (χ0) is 19.0. The van der Waals surface area contributed by atoms with Gasteiger partial charge in [0.2, 0.25) is 0 Å². The van der Waals surface area contributed by atoms with E-state index in [2.05, 4.69) is 23.4 Å². The maximum atomic E-state index is 13.0. The maximum Gasteiger partial charge on any atom is 0.259 e. The molecule has 6 heteroatoms. The third-order valence-corrected chi connectivity index (χ3v) is 5.59. The van der Waals surface area contributed by atoms with E-state index >= 15 is 0 Å². The number of benzene rings is 1. The van der Waals surface area contributed by atoms with Gasteiger partial charge in [0.15, 0.2) is 5.76 Å². The van der Waals surface area contributed by atoms with E-state index in [0.29, 0.717) is 17.0 Å². The van der Waals surface area contributed by atoms with Crippen molar-refractivity contribution in [1.29, 1.82) is 0 Å². The predicted octanol–water partition coefficient (Wildman–Crippen LogP) is 1.58. The molecule has 0 spiro atoms. The summed E-state index contributed by atoms with van der Waals surface area (Å²) in [6, 6.07) is 6.55. The van der Waals surface area contributed by atoms with Crippen molar-refractivity contribution >= 4 is 5.91 Å². The van der Waals surface area contributed by atoms with Gasteiger partial charge >= 0.3 is 0 Å². The van der Waals surface area contributed by atoms with Crippen molar-refractivity contribution < 1.29 is 19.0 Å². The molecule has 2 aliphatic rings. The van der Waals surface area contributed by atoms with Gasteiger partial charge in [0.25, 0.3) is 5.91 Å². The Labute approximate surface area is 160 Å². The van der Waals surface area contributed by atoms with Gasteiger partial charge in [0.05, 0.1) is 38.5 Å². The molecule has 2 aliphatic heterocycles. The molecular formula is C21H28N3O3+. The van der Waals surface area contributed by atoms with E-state index in [1.54, 1.807) is 0 Å². The molecule has 1 aromatic heterocycles. The lowest BCUT2D eigenvalue weighted by Gasteiger charge is -2.32. The Balaban J connectivity index is 1.38. The Morgan fingerprint density at radius 3 is 2.81 bits per heavy atom. The molecule has 144 valence electrons. The minimum absolute atomic E-state index is 0.0613. The molecule has 4 rings (SSSR count). The number of amides is 1. The van der Waals surface area contributed by atoms with E-state index in [-0.39, 0.29) is 11.8 Å². The van der Waals surface area contributed by atoms with Crippen LogP contribution < -0.4 is 9.64 Å². The summed E-state index contributed by atoms with van der Waals surface area (Å²) in [7, 11) is 0. The van der Waals surface area contributed by atoms with E-state index in [9.17, 15) is 4.79 Å². The number of aromatic nitrogens is 1. The van der Waals surface area contributed by atoms with Gasteiger partial charge in [-0.25, -0.2) is 0 Å². The fourth-order valence-electron chi connectivity index (χ4n) is 4.04. The number of rotatable bonds is 4. The summed E-state index contributed by atoms with van der Waals surface area (Å²) in [5, 5.41) is 4.02. The Morgan fingerprint density at radius 1 is 1.30 bits per heavy atom. The maximum absolute atomic E-state index is 13.0. The van der Waals surface area contributed by atoms with Crippen molar-refractivity contribution in [2.75, 3.05) is 32.8 Å². The summed E-state index contributed by atoms with van der Waals surface area (Å²) >= 11 is 0. The Bertz CT molecular complexity index is 835. The number of piperazine rings is 1. The monoisotopic (exact) mass is 370 g/mol. The molecule has 1 N–H and O–H groups in total. The van der Waals surface area contributed by atoms with Gasteiger partial charge in [-0.2, -0.15) is 0 Å². The van der Waals surface area contributed by atoms with Crippen LogP contribution in [0.2, 0.25) is 0 Å². The number of carbonyl (C=O) groups is 1. The molecule has 0 unspecified atom stereocenters. The number of ether oxygens (including phenoxy) is 1. The highest BCUT2D eigenvalue weighted by Crippen LogP contribution is 2.26. The molecule has 1 fully saturated rings. The minimum atomic E-state index is 0.0613. The molecule has 1 amide bonds. The molecule has 1 aromatic carbocycles. The molecular weight excluding hydrogens is 342 g/mol. The van der Waals surface area contributed by atoms with Crippen LogP contribution in [0.15, 0.2) is 22.7 Å². The van der Waals surface area contributed by atoms with Gasteiger partial charge in [0, 0.05) is 17.9 Å².